The van der Waals surface area contributed by atoms with Crippen LogP contribution in [0.15, 0.2) is 70.9 Å². The van der Waals surface area contributed by atoms with Crippen molar-refractivity contribution in [2.24, 2.45) is 0 Å². The second-order valence-corrected chi connectivity index (χ2v) is 7.76. The number of aliphatic hydroxyl groups excluding tert-OH is 1. The zero-order chi connectivity index (χ0) is 23.5. The minimum absolute atomic E-state index is 0.0306. The molecule has 1 atom stereocenters. The van der Waals surface area contributed by atoms with Gasteiger partial charge in [-0.25, -0.2) is 0 Å². The van der Waals surface area contributed by atoms with Gasteiger partial charge in [0.1, 0.15) is 23.0 Å². The Balaban J connectivity index is 1.83. The summed E-state index contributed by atoms with van der Waals surface area (Å²) in [6.07, 6.45) is 1.50. The van der Waals surface area contributed by atoms with E-state index >= 15 is 0 Å². The molecule has 0 radical (unpaired) electrons. The summed E-state index contributed by atoms with van der Waals surface area (Å²) < 4.78 is 16.1. The summed E-state index contributed by atoms with van der Waals surface area (Å²) in [5.41, 5.74) is 0.912. The molecule has 0 bridgehead atoms. The van der Waals surface area contributed by atoms with Crippen LogP contribution in [-0.2, 0) is 16.1 Å². The molecule has 1 N–H and O–H groups in total. The fourth-order valence-corrected chi connectivity index (χ4v) is 4.10. The normalized spacial score (nSPS) is 17.4. The van der Waals surface area contributed by atoms with Crippen molar-refractivity contribution in [2.45, 2.75) is 19.5 Å². The predicted octanol–water partition coefficient (Wildman–Crippen LogP) is 4.96. The maximum Gasteiger partial charge on any atom is 0.296 e. The predicted molar refractivity (Wildman–Crippen MR) is 122 cm³/mol. The van der Waals surface area contributed by atoms with Crippen molar-refractivity contribution in [3.63, 3.8) is 0 Å². The molecule has 2 heterocycles. The van der Waals surface area contributed by atoms with Gasteiger partial charge in [-0.1, -0.05) is 23.7 Å². The molecule has 1 fully saturated rings. The third-order valence-corrected chi connectivity index (χ3v) is 5.67. The average molecular weight is 468 g/mol. The number of amides is 1. The zero-order valence-corrected chi connectivity index (χ0v) is 18.8. The minimum Gasteiger partial charge on any atom is -0.507 e. The van der Waals surface area contributed by atoms with E-state index in [9.17, 15) is 14.7 Å². The SMILES string of the molecule is CCOc1ccc(C2/C(=C(/O)c3ccc(OC)c(Cl)c3)C(=O)C(=O)N2Cc2ccco2)cc1. The molecule has 1 saturated heterocycles. The number of halogens is 1. The van der Waals surface area contributed by atoms with Gasteiger partial charge in [0.05, 0.1) is 43.2 Å². The number of methoxy groups -OCH3 is 1. The number of hydrogen-bond acceptors (Lipinski definition) is 6. The summed E-state index contributed by atoms with van der Waals surface area (Å²) in [4.78, 5) is 27.5. The van der Waals surface area contributed by atoms with Crippen molar-refractivity contribution in [3.05, 3.63) is 88.3 Å². The summed E-state index contributed by atoms with van der Waals surface area (Å²) in [7, 11) is 1.48. The first-order valence-electron chi connectivity index (χ1n) is 10.3. The first-order chi connectivity index (χ1) is 15.9. The van der Waals surface area contributed by atoms with Gasteiger partial charge < -0.3 is 23.9 Å². The van der Waals surface area contributed by atoms with E-state index in [1.54, 1.807) is 48.5 Å². The van der Waals surface area contributed by atoms with Gasteiger partial charge in [-0.3, -0.25) is 9.59 Å². The van der Waals surface area contributed by atoms with Crippen molar-refractivity contribution >= 4 is 29.1 Å². The van der Waals surface area contributed by atoms with Gasteiger partial charge in [-0.2, -0.15) is 0 Å². The number of Topliss-reactive ketones (excluding diaryl/α,β-unsaturated/α-hetero) is 1. The number of ether oxygens (including phenoxy) is 2. The van der Waals surface area contributed by atoms with E-state index in [1.807, 2.05) is 6.92 Å². The number of carbonyl (C=O) groups is 2. The van der Waals surface area contributed by atoms with E-state index in [2.05, 4.69) is 0 Å². The molecule has 1 unspecified atom stereocenters. The van der Waals surface area contributed by atoms with Crippen molar-refractivity contribution in [3.8, 4) is 11.5 Å². The van der Waals surface area contributed by atoms with Gasteiger partial charge in [-0.15, -0.1) is 0 Å². The molecular formula is C25H22ClNO6. The van der Waals surface area contributed by atoms with Crippen molar-refractivity contribution in [1.29, 1.82) is 0 Å². The van der Waals surface area contributed by atoms with E-state index < -0.39 is 17.7 Å². The maximum atomic E-state index is 13.1. The third-order valence-electron chi connectivity index (χ3n) is 5.38. The van der Waals surface area contributed by atoms with E-state index in [0.29, 0.717) is 35.0 Å². The van der Waals surface area contributed by atoms with Crippen LogP contribution in [0.3, 0.4) is 0 Å². The van der Waals surface area contributed by atoms with Crippen LogP contribution in [0.5, 0.6) is 11.5 Å². The second-order valence-electron chi connectivity index (χ2n) is 7.36. The number of nitrogens with zero attached hydrogens (tertiary/aromatic N) is 1. The van der Waals surface area contributed by atoms with Gasteiger partial charge in [-0.05, 0) is 55.0 Å². The molecule has 0 spiro atoms. The average Bonchev–Trinajstić information content (AvgIpc) is 3.42. The van der Waals surface area contributed by atoms with Gasteiger partial charge >= 0.3 is 0 Å². The van der Waals surface area contributed by atoms with Crippen LogP contribution >= 0.6 is 11.6 Å². The van der Waals surface area contributed by atoms with Gasteiger partial charge in [0.2, 0.25) is 0 Å². The number of hydrogen-bond donors (Lipinski definition) is 1. The number of benzene rings is 2. The standard InChI is InChI=1S/C25H22ClNO6/c1-3-32-17-9-6-15(7-10-17)22-21(23(28)16-8-11-20(31-2)19(26)13-16)24(29)25(30)27(22)14-18-5-4-12-33-18/h4-13,22,28H,3,14H2,1-2H3/b23-21-. The molecule has 170 valence electrons. The van der Waals surface area contributed by atoms with Crippen LogP contribution in [0.2, 0.25) is 5.02 Å². The summed E-state index contributed by atoms with van der Waals surface area (Å²) in [5, 5.41) is 11.4. The lowest BCUT2D eigenvalue weighted by atomic mass is 9.95. The third kappa shape index (κ3) is 4.32. The molecule has 1 aliphatic heterocycles. The van der Waals surface area contributed by atoms with Crippen LogP contribution in [0.4, 0.5) is 0 Å². The van der Waals surface area contributed by atoms with E-state index in [1.165, 1.54) is 24.3 Å². The lowest BCUT2D eigenvalue weighted by Crippen LogP contribution is -2.29. The topological polar surface area (TPSA) is 89.2 Å². The number of aliphatic hydroxyl groups is 1. The first-order valence-corrected chi connectivity index (χ1v) is 10.7. The van der Waals surface area contributed by atoms with Crippen LogP contribution < -0.4 is 9.47 Å². The first kappa shape index (κ1) is 22.5. The lowest BCUT2D eigenvalue weighted by molar-refractivity contribution is -0.140. The Kier molecular flexibility index (Phi) is 6.42. The molecule has 4 rings (SSSR count). The number of furan rings is 1. The van der Waals surface area contributed by atoms with Gasteiger partial charge in [0.25, 0.3) is 11.7 Å². The molecule has 1 aromatic heterocycles. The van der Waals surface area contributed by atoms with E-state index in [4.69, 9.17) is 25.5 Å². The molecule has 1 aliphatic rings. The number of carbonyl (C=O) groups excluding carboxylic acids is 2. The Bertz CT molecular complexity index is 1200. The molecular weight excluding hydrogens is 446 g/mol. The summed E-state index contributed by atoms with van der Waals surface area (Å²) >= 11 is 6.22. The number of likely N-dealkylation sites (tertiary alicyclic amines) is 1. The zero-order valence-electron chi connectivity index (χ0n) is 18.1. The molecule has 1 amide bonds. The fraction of sp³-hybridized carbons (Fsp3) is 0.200. The highest BCUT2D eigenvalue weighted by Crippen LogP contribution is 2.41. The van der Waals surface area contributed by atoms with E-state index in [-0.39, 0.29) is 22.9 Å². The largest absolute Gasteiger partial charge is 0.507 e. The summed E-state index contributed by atoms with van der Waals surface area (Å²) in [5.74, 6) is -0.240. The maximum absolute atomic E-state index is 13.1. The number of rotatable bonds is 7. The van der Waals surface area contributed by atoms with Gasteiger partial charge in [0, 0.05) is 5.56 Å². The molecule has 3 aromatic rings. The monoisotopic (exact) mass is 467 g/mol. The smallest absolute Gasteiger partial charge is 0.296 e. The Labute approximate surface area is 195 Å². The Morgan fingerprint density at radius 3 is 2.52 bits per heavy atom. The molecule has 0 aliphatic carbocycles. The molecule has 8 heteroatoms. The molecule has 0 saturated carbocycles. The molecule has 7 nitrogen and oxygen atoms in total. The Morgan fingerprint density at radius 2 is 1.91 bits per heavy atom. The fourth-order valence-electron chi connectivity index (χ4n) is 3.84. The lowest BCUT2D eigenvalue weighted by Gasteiger charge is -2.24. The van der Waals surface area contributed by atoms with Crippen molar-refractivity contribution < 1.29 is 28.6 Å². The quantitative estimate of drug-likeness (QED) is 0.300. The van der Waals surface area contributed by atoms with Crippen LogP contribution in [0.1, 0.15) is 29.9 Å². The Hall–Kier alpha value is -3.71. The highest BCUT2D eigenvalue weighted by atomic mass is 35.5. The molecule has 2 aromatic carbocycles. The highest BCUT2D eigenvalue weighted by Gasteiger charge is 2.46. The Morgan fingerprint density at radius 1 is 1.15 bits per heavy atom. The van der Waals surface area contributed by atoms with Gasteiger partial charge in [0.15, 0.2) is 0 Å². The van der Waals surface area contributed by atoms with Crippen LogP contribution in [0.25, 0.3) is 5.76 Å². The molecule has 33 heavy (non-hydrogen) atoms. The van der Waals surface area contributed by atoms with Crippen LogP contribution in [0, 0.1) is 0 Å². The minimum atomic E-state index is -0.827. The summed E-state index contributed by atoms with van der Waals surface area (Å²) in [6.45, 7) is 2.45. The van der Waals surface area contributed by atoms with E-state index in [0.717, 1.165) is 0 Å². The van der Waals surface area contributed by atoms with Crippen LogP contribution in [-0.4, -0.2) is 35.4 Å². The van der Waals surface area contributed by atoms with Crippen molar-refractivity contribution in [1.82, 2.24) is 4.90 Å². The summed E-state index contributed by atoms with van der Waals surface area (Å²) in [6, 6.07) is 14.3. The van der Waals surface area contributed by atoms with Crippen molar-refractivity contribution in [2.75, 3.05) is 13.7 Å². The second kappa shape index (κ2) is 9.42. The number of ketones is 1. The highest BCUT2D eigenvalue weighted by molar-refractivity contribution is 6.46.